The van der Waals surface area contributed by atoms with Crippen molar-refractivity contribution in [3.63, 3.8) is 0 Å². The zero-order valence-electron chi connectivity index (χ0n) is 9.38. The highest BCUT2D eigenvalue weighted by Crippen LogP contribution is 2.22. The van der Waals surface area contributed by atoms with E-state index < -0.39 is 36.9 Å². The highest BCUT2D eigenvalue weighted by molar-refractivity contribution is 5.88. The van der Waals surface area contributed by atoms with Gasteiger partial charge in [0.05, 0.1) is 13.2 Å². The van der Waals surface area contributed by atoms with Gasteiger partial charge in [-0.2, -0.15) is 0 Å². The first-order chi connectivity index (χ1) is 8.52. The fraction of sp³-hybridized carbons (Fsp3) is 0.667. The number of aliphatic hydroxyl groups is 3. The summed E-state index contributed by atoms with van der Waals surface area (Å²) in [6, 6.07) is 0. The number of rotatable bonds is 4. The normalized spacial score (nSPS) is 31.7. The second-order valence-corrected chi connectivity index (χ2v) is 4.03. The molecule has 0 aliphatic carbocycles. The van der Waals surface area contributed by atoms with Crippen LogP contribution in [-0.2, 0) is 11.3 Å². The zero-order chi connectivity index (χ0) is 13.3. The van der Waals surface area contributed by atoms with Gasteiger partial charge in [0.1, 0.15) is 30.7 Å². The molecule has 1 aliphatic heterocycles. The second kappa shape index (κ2) is 4.98. The van der Waals surface area contributed by atoms with Crippen molar-refractivity contribution in [2.45, 2.75) is 31.0 Å². The van der Waals surface area contributed by atoms with Gasteiger partial charge in [-0.25, -0.2) is 9.67 Å². The van der Waals surface area contributed by atoms with E-state index in [0.29, 0.717) is 0 Å². The van der Waals surface area contributed by atoms with E-state index in [1.54, 1.807) is 0 Å². The molecule has 0 bridgehead atoms. The third-order valence-corrected chi connectivity index (χ3v) is 2.77. The van der Waals surface area contributed by atoms with Crippen molar-refractivity contribution in [3.8, 4) is 0 Å². The van der Waals surface area contributed by atoms with E-state index in [9.17, 15) is 15.0 Å². The average molecular weight is 258 g/mol. The Morgan fingerprint density at radius 2 is 2.11 bits per heavy atom. The molecular formula is C9H14N4O5. The lowest BCUT2D eigenvalue weighted by Gasteiger charge is -2.13. The summed E-state index contributed by atoms with van der Waals surface area (Å²) in [6.45, 7) is -0.298. The van der Waals surface area contributed by atoms with Crippen molar-refractivity contribution in [1.29, 1.82) is 0 Å². The maximum Gasteiger partial charge on any atom is 0.288 e. The summed E-state index contributed by atoms with van der Waals surface area (Å²) in [5, 5.41) is 31.9. The highest BCUT2D eigenvalue weighted by atomic mass is 16.6. The standard InChI is InChI=1S/C9H14N4O5/c10-8(17)9-11-3-13(12-9)1-4-6(15)7(16)5(2-14)18-4/h3-7,14-16H,1-2H2,(H2,10,17)/t4?,5-,6+,7-/m1/s1. The van der Waals surface area contributed by atoms with Crippen molar-refractivity contribution >= 4 is 5.91 Å². The summed E-state index contributed by atoms with van der Waals surface area (Å²) in [7, 11) is 0. The molecule has 5 N–H and O–H groups in total. The maximum atomic E-state index is 10.8. The first-order valence-corrected chi connectivity index (χ1v) is 5.34. The Morgan fingerprint density at radius 3 is 2.61 bits per heavy atom. The lowest BCUT2D eigenvalue weighted by atomic mass is 10.1. The lowest BCUT2D eigenvalue weighted by molar-refractivity contribution is -0.0275. The molecule has 1 aromatic heterocycles. The fourth-order valence-electron chi connectivity index (χ4n) is 1.81. The molecule has 9 nitrogen and oxygen atoms in total. The molecule has 1 aromatic rings. The molecule has 0 radical (unpaired) electrons. The third kappa shape index (κ3) is 2.34. The molecule has 9 heteroatoms. The van der Waals surface area contributed by atoms with E-state index >= 15 is 0 Å². The largest absolute Gasteiger partial charge is 0.394 e. The molecule has 1 amide bonds. The fourth-order valence-corrected chi connectivity index (χ4v) is 1.81. The van der Waals surface area contributed by atoms with Crippen LogP contribution in [0, 0.1) is 0 Å². The van der Waals surface area contributed by atoms with E-state index in [1.165, 1.54) is 11.0 Å². The third-order valence-electron chi connectivity index (χ3n) is 2.77. The molecular weight excluding hydrogens is 244 g/mol. The summed E-state index contributed by atoms with van der Waals surface area (Å²) < 4.78 is 6.53. The molecule has 18 heavy (non-hydrogen) atoms. The van der Waals surface area contributed by atoms with E-state index in [2.05, 4.69) is 10.1 Å². The Hall–Kier alpha value is -1.55. The molecule has 2 rings (SSSR count). The van der Waals surface area contributed by atoms with Crippen LogP contribution in [0.25, 0.3) is 0 Å². The predicted octanol–water partition coefficient (Wildman–Crippen LogP) is -3.14. The minimum absolute atomic E-state index is 0.0923. The van der Waals surface area contributed by atoms with Gasteiger partial charge in [-0.15, -0.1) is 5.10 Å². The molecule has 2 heterocycles. The second-order valence-electron chi connectivity index (χ2n) is 4.03. The van der Waals surface area contributed by atoms with Crippen molar-refractivity contribution in [1.82, 2.24) is 14.8 Å². The van der Waals surface area contributed by atoms with Crippen LogP contribution in [0.5, 0.6) is 0 Å². The van der Waals surface area contributed by atoms with E-state index in [4.69, 9.17) is 15.6 Å². The highest BCUT2D eigenvalue weighted by Gasteiger charge is 2.42. The van der Waals surface area contributed by atoms with Crippen LogP contribution in [-0.4, -0.2) is 67.0 Å². The van der Waals surface area contributed by atoms with E-state index in [-0.39, 0.29) is 12.4 Å². The van der Waals surface area contributed by atoms with Crippen LogP contribution in [0.15, 0.2) is 6.33 Å². The lowest BCUT2D eigenvalue weighted by Crippen LogP contribution is -2.35. The average Bonchev–Trinajstić information content (AvgIpc) is 2.90. The molecule has 100 valence electrons. The number of hydrogen-bond acceptors (Lipinski definition) is 7. The van der Waals surface area contributed by atoms with Gasteiger partial charge in [0.2, 0.25) is 5.82 Å². The minimum atomic E-state index is -1.15. The summed E-state index contributed by atoms with van der Waals surface area (Å²) >= 11 is 0. The zero-order valence-corrected chi connectivity index (χ0v) is 9.38. The SMILES string of the molecule is NC(=O)c1ncn(CC2O[C@H](CO)[C@@H](O)[C@H]2O)n1. The molecule has 1 aliphatic rings. The Balaban J connectivity index is 2.03. The van der Waals surface area contributed by atoms with Crippen LogP contribution in [0.2, 0.25) is 0 Å². The van der Waals surface area contributed by atoms with Crippen LogP contribution in [0.4, 0.5) is 0 Å². The topological polar surface area (TPSA) is 144 Å². The number of nitrogens with zero attached hydrogens (tertiary/aromatic N) is 3. The van der Waals surface area contributed by atoms with Crippen LogP contribution < -0.4 is 5.73 Å². The first-order valence-electron chi connectivity index (χ1n) is 5.34. The number of aliphatic hydroxyl groups excluding tert-OH is 3. The molecule has 1 saturated heterocycles. The van der Waals surface area contributed by atoms with E-state index in [0.717, 1.165) is 0 Å². The Labute approximate surface area is 102 Å². The van der Waals surface area contributed by atoms with Gasteiger partial charge >= 0.3 is 0 Å². The van der Waals surface area contributed by atoms with Crippen molar-refractivity contribution < 1.29 is 24.9 Å². The van der Waals surface area contributed by atoms with Crippen LogP contribution in [0.1, 0.15) is 10.6 Å². The van der Waals surface area contributed by atoms with Gasteiger partial charge in [-0.05, 0) is 0 Å². The molecule has 0 saturated carbocycles. The number of nitrogens with two attached hydrogens (primary N) is 1. The van der Waals surface area contributed by atoms with Gasteiger partial charge in [0, 0.05) is 0 Å². The number of amides is 1. The number of carbonyl (C=O) groups is 1. The smallest absolute Gasteiger partial charge is 0.288 e. The Morgan fingerprint density at radius 1 is 1.44 bits per heavy atom. The van der Waals surface area contributed by atoms with Gasteiger partial charge in [-0.3, -0.25) is 4.79 Å². The summed E-state index contributed by atoms with van der Waals surface area (Å²) in [6.07, 6.45) is -2.58. The number of hydrogen-bond donors (Lipinski definition) is 4. The maximum absolute atomic E-state index is 10.8. The minimum Gasteiger partial charge on any atom is -0.394 e. The summed E-state index contributed by atoms with van der Waals surface area (Å²) in [5.74, 6) is -0.892. The number of carbonyl (C=O) groups excluding carboxylic acids is 1. The van der Waals surface area contributed by atoms with Crippen molar-refractivity contribution in [2.75, 3.05) is 6.61 Å². The molecule has 4 atom stereocenters. The van der Waals surface area contributed by atoms with Gasteiger partial charge in [0.25, 0.3) is 5.91 Å². The Kier molecular flexibility index (Phi) is 3.57. The quantitative estimate of drug-likeness (QED) is 0.446. The summed E-state index contributed by atoms with van der Waals surface area (Å²) in [5.41, 5.74) is 5.00. The van der Waals surface area contributed by atoms with Gasteiger partial charge in [0.15, 0.2) is 0 Å². The predicted molar refractivity (Wildman–Crippen MR) is 56.3 cm³/mol. The van der Waals surface area contributed by atoms with Crippen molar-refractivity contribution in [3.05, 3.63) is 12.2 Å². The van der Waals surface area contributed by atoms with Crippen molar-refractivity contribution in [2.24, 2.45) is 5.73 Å². The molecule has 0 aromatic carbocycles. The Bertz CT molecular complexity index is 436. The first kappa shape index (κ1) is 12.9. The van der Waals surface area contributed by atoms with Crippen LogP contribution in [0.3, 0.4) is 0 Å². The molecule has 1 fully saturated rings. The van der Waals surface area contributed by atoms with E-state index in [1.807, 2.05) is 0 Å². The summed E-state index contributed by atoms with van der Waals surface area (Å²) in [4.78, 5) is 14.5. The van der Waals surface area contributed by atoms with Gasteiger partial charge in [-0.1, -0.05) is 0 Å². The molecule has 1 unspecified atom stereocenters. The van der Waals surface area contributed by atoms with Crippen LogP contribution >= 0.6 is 0 Å². The number of aromatic nitrogens is 3. The number of ether oxygens (including phenoxy) is 1. The van der Waals surface area contributed by atoms with Gasteiger partial charge < -0.3 is 25.8 Å². The number of primary amides is 1. The monoisotopic (exact) mass is 258 g/mol. The molecule has 0 spiro atoms.